The Labute approximate surface area is 152 Å². The van der Waals surface area contributed by atoms with Gasteiger partial charge in [-0.05, 0) is 24.6 Å². The highest BCUT2D eigenvalue weighted by Gasteiger charge is 2.41. The minimum atomic E-state index is -0.251. The summed E-state index contributed by atoms with van der Waals surface area (Å²) in [6.07, 6.45) is 0.829. The number of nitrogens with one attached hydrogen (secondary N) is 2. The Bertz CT molecular complexity index is 761. The molecule has 4 nitrogen and oxygen atoms in total. The number of methoxy groups -OCH3 is 1. The Hall–Kier alpha value is -2.27. The van der Waals surface area contributed by atoms with E-state index in [4.69, 9.17) is 16.3 Å². The Morgan fingerprint density at radius 3 is 2.80 bits per heavy atom. The number of para-hydroxylation sites is 1. The third-order valence-electron chi connectivity index (χ3n) is 4.35. The quantitative estimate of drug-likeness (QED) is 0.630. The molecular weight excluding hydrogens is 341 g/mol. The lowest BCUT2D eigenvalue weighted by molar-refractivity contribution is 0.409. The first-order valence-electron chi connectivity index (χ1n) is 8.17. The van der Waals surface area contributed by atoms with Gasteiger partial charge in [0.25, 0.3) is 0 Å². The van der Waals surface area contributed by atoms with Crippen molar-refractivity contribution in [1.82, 2.24) is 10.6 Å². The van der Waals surface area contributed by atoms with Crippen molar-refractivity contribution >= 4 is 17.6 Å². The molecule has 0 heterocycles. The molecule has 3 rings (SSSR count). The van der Waals surface area contributed by atoms with E-state index in [1.807, 2.05) is 24.3 Å². The lowest BCUT2D eigenvalue weighted by atomic mass is 10.1. The Balaban J connectivity index is 1.59. The summed E-state index contributed by atoms with van der Waals surface area (Å²) in [6.45, 7) is 0.585. The molecule has 0 radical (unpaired) electrons. The van der Waals surface area contributed by atoms with E-state index in [0.717, 1.165) is 17.7 Å². The molecule has 1 aliphatic carbocycles. The summed E-state index contributed by atoms with van der Waals surface area (Å²) in [5.74, 6) is 1.32. The van der Waals surface area contributed by atoms with Gasteiger partial charge in [-0.3, -0.25) is 4.99 Å². The first kappa shape index (κ1) is 17.5. The summed E-state index contributed by atoms with van der Waals surface area (Å²) >= 11 is 6.15. The fourth-order valence-corrected chi connectivity index (χ4v) is 3.24. The maximum absolute atomic E-state index is 14.0. The monoisotopic (exact) mass is 361 g/mol. The van der Waals surface area contributed by atoms with Crippen molar-refractivity contribution in [3.8, 4) is 5.75 Å². The molecule has 2 N–H and O–H groups in total. The molecule has 1 saturated carbocycles. The maximum Gasteiger partial charge on any atom is 0.191 e. The molecule has 0 amide bonds. The predicted octanol–water partition coefficient (Wildman–Crippen LogP) is 3.71. The Morgan fingerprint density at radius 1 is 1.28 bits per heavy atom. The van der Waals surface area contributed by atoms with Crippen LogP contribution in [0.25, 0.3) is 0 Å². The van der Waals surface area contributed by atoms with Crippen molar-refractivity contribution in [1.29, 1.82) is 0 Å². The zero-order valence-electron chi connectivity index (χ0n) is 14.2. The smallest absolute Gasteiger partial charge is 0.191 e. The summed E-state index contributed by atoms with van der Waals surface area (Å²) in [7, 11) is 3.36. The number of nitrogens with zero attached hydrogens (tertiary/aromatic N) is 1. The first-order valence-corrected chi connectivity index (χ1v) is 8.54. The van der Waals surface area contributed by atoms with Crippen LogP contribution in [0.4, 0.5) is 4.39 Å². The second-order valence-electron chi connectivity index (χ2n) is 5.97. The number of rotatable bonds is 5. The second-order valence-corrected chi connectivity index (χ2v) is 6.37. The van der Waals surface area contributed by atoms with Gasteiger partial charge in [-0.1, -0.05) is 35.9 Å². The van der Waals surface area contributed by atoms with E-state index in [9.17, 15) is 4.39 Å². The molecular formula is C19H21ClFN3O. The van der Waals surface area contributed by atoms with Gasteiger partial charge < -0.3 is 15.4 Å². The zero-order valence-corrected chi connectivity index (χ0v) is 15.0. The van der Waals surface area contributed by atoms with Gasteiger partial charge >= 0.3 is 0 Å². The van der Waals surface area contributed by atoms with Crippen molar-refractivity contribution < 1.29 is 9.13 Å². The van der Waals surface area contributed by atoms with Gasteiger partial charge in [0.1, 0.15) is 11.6 Å². The fourth-order valence-electron chi connectivity index (χ4n) is 2.94. The van der Waals surface area contributed by atoms with Crippen LogP contribution in [-0.2, 0) is 6.54 Å². The third kappa shape index (κ3) is 4.04. The fraction of sp³-hybridized carbons (Fsp3) is 0.316. The summed E-state index contributed by atoms with van der Waals surface area (Å²) in [4.78, 5) is 4.24. The highest BCUT2D eigenvalue weighted by atomic mass is 35.5. The van der Waals surface area contributed by atoms with Crippen LogP contribution in [0.5, 0.6) is 5.75 Å². The van der Waals surface area contributed by atoms with Crippen LogP contribution >= 0.6 is 11.6 Å². The molecule has 2 unspecified atom stereocenters. The Morgan fingerprint density at radius 2 is 2.08 bits per heavy atom. The van der Waals surface area contributed by atoms with Gasteiger partial charge in [0.15, 0.2) is 5.96 Å². The van der Waals surface area contributed by atoms with Gasteiger partial charge in [-0.2, -0.15) is 0 Å². The van der Waals surface area contributed by atoms with Crippen molar-refractivity contribution in [3.05, 3.63) is 64.4 Å². The van der Waals surface area contributed by atoms with E-state index in [-0.39, 0.29) is 17.8 Å². The SMILES string of the molecule is CN=C(NCc1ccccc1OC)NC1CC1c1c(F)cccc1Cl. The normalized spacial score (nSPS) is 19.4. The summed E-state index contributed by atoms with van der Waals surface area (Å²) in [5.41, 5.74) is 1.62. The predicted molar refractivity (Wildman–Crippen MR) is 98.9 cm³/mol. The molecule has 2 aromatic carbocycles. The van der Waals surface area contributed by atoms with Crippen LogP contribution in [0.3, 0.4) is 0 Å². The van der Waals surface area contributed by atoms with Gasteiger partial charge in [0, 0.05) is 41.7 Å². The first-order chi connectivity index (χ1) is 12.1. The number of benzene rings is 2. The molecule has 0 aliphatic heterocycles. The van der Waals surface area contributed by atoms with Crippen molar-refractivity contribution in [2.75, 3.05) is 14.2 Å². The van der Waals surface area contributed by atoms with Gasteiger partial charge in [-0.25, -0.2) is 4.39 Å². The molecule has 132 valence electrons. The minimum Gasteiger partial charge on any atom is -0.496 e. The van der Waals surface area contributed by atoms with E-state index in [1.165, 1.54) is 6.07 Å². The van der Waals surface area contributed by atoms with Crippen molar-refractivity contribution in [3.63, 3.8) is 0 Å². The topological polar surface area (TPSA) is 45.7 Å². The number of aliphatic imine (C=N–C) groups is 1. The zero-order chi connectivity index (χ0) is 17.8. The molecule has 2 aromatic rings. The van der Waals surface area contributed by atoms with Gasteiger partial charge in [0.2, 0.25) is 0 Å². The number of ether oxygens (including phenoxy) is 1. The lowest BCUT2D eigenvalue weighted by Crippen LogP contribution is -2.38. The lowest BCUT2D eigenvalue weighted by Gasteiger charge is -2.14. The molecule has 0 bridgehead atoms. The van der Waals surface area contributed by atoms with Gasteiger partial charge in [0.05, 0.1) is 7.11 Å². The number of halogens is 2. The summed E-state index contributed by atoms with van der Waals surface area (Å²) in [5, 5.41) is 7.07. The van der Waals surface area contributed by atoms with Crippen LogP contribution in [0, 0.1) is 5.82 Å². The van der Waals surface area contributed by atoms with Crippen molar-refractivity contribution in [2.24, 2.45) is 4.99 Å². The molecule has 0 saturated heterocycles. The third-order valence-corrected chi connectivity index (χ3v) is 4.68. The molecule has 1 aliphatic rings. The Kier molecular flexibility index (Phi) is 5.43. The van der Waals surface area contributed by atoms with E-state index in [0.29, 0.717) is 23.1 Å². The second kappa shape index (κ2) is 7.74. The van der Waals surface area contributed by atoms with Crippen LogP contribution in [0.1, 0.15) is 23.5 Å². The van der Waals surface area contributed by atoms with Crippen LogP contribution in [0.15, 0.2) is 47.5 Å². The molecule has 1 fully saturated rings. The molecule has 25 heavy (non-hydrogen) atoms. The molecule has 0 aromatic heterocycles. The highest BCUT2D eigenvalue weighted by Crippen LogP contribution is 2.44. The largest absolute Gasteiger partial charge is 0.496 e. The highest BCUT2D eigenvalue weighted by molar-refractivity contribution is 6.31. The van der Waals surface area contributed by atoms with E-state index in [2.05, 4.69) is 15.6 Å². The van der Waals surface area contributed by atoms with Crippen LogP contribution < -0.4 is 15.4 Å². The number of hydrogen-bond donors (Lipinski definition) is 2. The number of hydrogen-bond acceptors (Lipinski definition) is 2. The molecule has 0 spiro atoms. The maximum atomic E-state index is 14.0. The van der Waals surface area contributed by atoms with Gasteiger partial charge in [-0.15, -0.1) is 0 Å². The summed E-state index contributed by atoms with van der Waals surface area (Å²) < 4.78 is 19.4. The van der Waals surface area contributed by atoms with Crippen molar-refractivity contribution in [2.45, 2.75) is 24.9 Å². The van der Waals surface area contributed by atoms with E-state index in [1.54, 1.807) is 26.3 Å². The van der Waals surface area contributed by atoms with E-state index >= 15 is 0 Å². The minimum absolute atomic E-state index is 0.0681. The standard InChI is InChI=1S/C19H21ClFN3O/c1-22-19(23-11-12-6-3-4-9-17(12)25-2)24-16-10-13(16)18-14(20)7-5-8-15(18)21/h3-9,13,16H,10-11H2,1-2H3,(H2,22,23,24). The molecule has 2 atom stereocenters. The summed E-state index contributed by atoms with van der Waals surface area (Å²) in [6, 6.07) is 12.7. The van der Waals surface area contributed by atoms with Crippen LogP contribution in [0.2, 0.25) is 5.02 Å². The number of guanidine groups is 1. The average molecular weight is 362 g/mol. The average Bonchev–Trinajstić information content (AvgIpc) is 3.37. The molecule has 6 heteroatoms. The van der Waals surface area contributed by atoms with E-state index < -0.39 is 0 Å². The van der Waals surface area contributed by atoms with Crippen LogP contribution in [-0.4, -0.2) is 26.2 Å².